The molecule has 0 unspecified atom stereocenters. The molecule has 1 heterocycles. The highest BCUT2D eigenvalue weighted by Crippen LogP contribution is 2.37. The van der Waals surface area contributed by atoms with Crippen LogP contribution in [-0.4, -0.2) is 23.1 Å². The lowest BCUT2D eigenvalue weighted by Crippen LogP contribution is -2.14. The van der Waals surface area contributed by atoms with Crippen LogP contribution in [0, 0.1) is 22.7 Å². The SMILES string of the molecule is C=CCOc1ccc(-c2c(C#N)c(N)nc(SCC(=O)c3ccccc3C(F)(F)F)c2C#N)cc1. The molecule has 0 aliphatic rings. The molecule has 35 heavy (non-hydrogen) atoms. The molecule has 0 aliphatic heterocycles. The smallest absolute Gasteiger partial charge is 0.417 e. The summed E-state index contributed by atoms with van der Waals surface area (Å²) in [5.41, 5.74) is 5.08. The molecule has 0 spiro atoms. The molecule has 0 fully saturated rings. The monoisotopic (exact) mass is 494 g/mol. The first-order valence-electron chi connectivity index (χ1n) is 10.0. The molecule has 3 rings (SSSR count). The first-order chi connectivity index (χ1) is 16.7. The largest absolute Gasteiger partial charge is 0.490 e. The van der Waals surface area contributed by atoms with E-state index in [9.17, 15) is 28.5 Å². The number of ketones is 1. The Morgan fingerprint density at radius 1 is 1.11 bits per heavy atom. The van der Waals surface area contributed by atoms with Gasteiger partial charge in [0.2, 0.25) is 0 Å². The molecule has 0 saturated heterocycles. The molecule has 2 N–H and O–H groups in total. The fraction of sp³-hybridized carbons (Fsp3) is 0.120. The zero-order valence-electron chi connectivity index (χ0n) is 18.1. The molecule has 0 saturated carbocycles. The highest BCUT2D eigenvalue weighted by Gasteiger charge is 2.34. The molecule has 3 aromatic rings. The van der Waals surface area contributed by atoms with Gasteiger partial charge in [0, 0.05) is 11.1 Å². The van der Waals surface area contributed by atoms with E-state index in [-0.39, 0.29) is 27.5 Å². The van der Waals surface area contributed by atoms with Crippen LogP contribution >= 0.6 is 11.8 Å². The fourth-order valence-corrected chi connectivity index (χ4v) is 4.13. The normalized spacial score (nSPS) is 10.8. The summed E-state index contributed by atoms with van der Waals surface area (Å²) in [7, 11) is 0. The van der Waals surface area contributed by atoms with Crippen molar-refractivity contribution in [2.45, 2.75) is 11.2 Å². The number of nitrogens with two attached hydrogens (primary N) is 1. The number of ether oxygens (including phenoxy) is 1. The lowest BCUT2D eigenvalue weighted by atomic mass is 9.97. The highest BCUT2D eigenvalue weighted by atomic mass is 32.2. The number of hydrogen-bond acceptors (Lipinski definition) is 7. The lowest BCUT2D eigenvalue weighted by Gasteiger charge is -2.14. The maximum absolute atomic E-state index is 13.3. The van der Waals surface area contributed by atoms with E-state index in [1.807, 2.05) is 12.1 Å². The standard InChI is InChI=1S/C25H17F3N4O2S/c1-2-11-34-16-9-7-15(8-10-16)22-18(12-29)23(31)32-24(19(22)13-30)35-14-21(33)17-5-3-4-6-20(17)25(26,27)28/h2-10H,1,11,14H2,(H2,31,32). The summed E-state index contributed by atoms with van der Waals surface area (Å²) >= 11 is 0.775. The Hall–Kier alpha value is -4.28. The summed E-state index contributed by atoms with van der Waals surface area (Å²) in [4.78, 5) is 16.7. The summed E-state index contributed by atoms with van der Waals surface area (Å²) in [5, 5.41) is 19.5. The predicted molar refractivity (Wildman–Crippen MR) is 126 cm³/mol. The summed E-state index contributed by atoms with van der Waals surface area (Å²) in [5.74, 6) is -0.842. The number of anilines is 1. The number of nitriles is 2. The Labute approximate surface area is 203 Å². The van der Waals surface area contributed by atoms with Crippen molar-refractivity contribution in [3.8, 4) is 29.0 Å². The zero-order valence-corrected chi connectivity index (χ0v) is 18.9. The molecular formula is C25H17F3N4O2S. The van der Waals surface area contributed by atoms with Gasteiger partial charge in [0.25, 0.3) is 0 Å². The summed E-state index contributed by atoms with van der Waals surface area (Å²) in [6.45, 7) is 3.86. The Balaban J connectivity index is 1.99. The van der Waals surface area contributed by atoms with Crippen molar-refractivity contribution in [2.75, 3.05) is 18.1 Å². The minimum Gasteiger partial charge on any atom is -0.490 e. The highest BCUT2D eigenvalue weighted by molar-refractivity contribution is 8.00. The number of rotatable bonds is 8. The van der Waals surface area contributed by atoms with Gasteiger partial charge in [-0.25, -0.2) is 4.98 Å². The average Bonchev–Trinajstić information content (AvgIpc) is 2.85. The van der Waals surface area contributed by atoms with Crippen molar-refractivity contribution in [3.63, 3.8) is 0 Å². The minimum atomic E-state index is -4.69. The van der Waals surface area contributed by atoms with Crippen molar-refractivity contribution in [1.29, 1.82) is 10.5 Å². The van der Waals surface area contributed by atoms with E-state index >= 15 is 0 Å². The van der Waals surface area contributed by atoms with Gasteiger partial charge in [0.15, 0.2) is 5.78 Å². The van der Waals surface area contributed by atoms with E-state index in [0.717, 1.165) is 23.9 Å². The molecular weight excluding hydrogens is 477 g/mol. The molecule has 0 atom stereocenters. The second-order valence-electron chi connectivity index (χ2n) is 7.03. The number of alkyl halides is 3. The Morgan fingerprint density at radius 3 is 2.37 bits per heavy atom. The van der Waals surface area contributed by atoms with Gasteiger partial charge in [-0.05, 0) is 23.8 Å². The van der Waals surface area contributed by atoms with Crippen LogP contribution in [0.25, 0.3) is 11.1 Å². The number of nitrogen functional groups attached to an aromatic ring is 1. The molecule has 0 radical (unpaired) electrons. The van der Waals surface area contributed by atoms with E-state index in [4.69, 9.17) is 10.5 Å². The van der Waals surface area contributed by atoms with Crippen LogP contribution in [0.2, 0.25) is 0 Å². The molecule has 10 heteroatoms. The van der Waals surface area contributed by atoms with Crippen LogP contribution in [0.3, 0.4) is 0 Å². The summed E-state index contributed by atoms with van der Waals surface area (Å²) in [6, 6.07) is 14.9. The first-order valence-corrected chi connectivity index (χ1v) is 11.0. The van der Waals surface area contributed by atoms with Crippen molar-refractivity contribution >= 4 is 23.4 Å². The number of aromatic nitrogens is 1. The van der Waals surface area contributed by atoms with Crippen LogP contribution in [0.5, 0.6) is 5.75 Å². The number of Topliss-reactive ketones (excluding diaryl/α,β-unsaturated/α-hetero) is 1. The quantitative estimate of drug-likeness (QED) is 0.245. The van der Waals surface area contributed by atoms with Gasteiger partial charge < -0.3 is 10.5 Å². The molecule has 0 amide bonds. The van der Waals surface area contributed by atoms with Crippen LogP contribution in [0.15, 0.2) is 66.2 Å². The van der Waals surface area contributed by atoms with Crippen LogP contribution < -0.4 is 10.5 Å². The number of carbonyl (C=O) groups is 1. The third kappa shape index (κ3) is 5.62. The average molecular weight is 494 g/mol. The topological polar surface area (TPSA) is 113 Å². The molecule has 176 valence electrons. The molecule has 1 aromatic heterocycles. The van der Waals surface area contributed by atoms with Gasteiger partial charge in [-0.2, -0.15) is 23.7 Å². The number of carbonyl (C=O) groups excluding carboxylic acids is 1. The van der Waals surface area contributed by atoms with Crippen LogP contribution in [0.4, 0.5) is 19.0 Å². The third-order valence-corrected chi connectivity index (χ3v) is 5.77. The van der Waals surface area contributed by atoms with E-state index in [0.29, 0.717) is 17.9 Å². The number of halogens is 3. The van der Waals surface area contributed by atoms with Crippen LogP contribution in [0.1, 0.15) is 27.0 Å². The predicted octanol–water partition coefficient (Wildman–Crippen LogP) is 5.63. The summed E-state index contributed by atoms with van der Waals surface area (Å²) in [6.07, 6.45) is -3.11. The second kappa shape index (κ2) is 10.8. The maximum Gasteiger partial charge on any atom is 0.417 e. The number of pyridine rings is 1. The minimum absolute atomic E-state index is 0.0163. The van der Waals surface area contributed by atoms with Gasteiger partial charge in [-0.1, -0.05) is 54.7 Å². The van der Waals surface area contributed by atoms with Gasteiger partial charge in [-0.3, -0.25) is 4.79 Å². The number of benzene rings is 2. The molecule has 6 nitrogen and oxygen atoms in total. The molecule has 0 aliphatic carbocycles. The van der Waals surface area contributed by atoms with Gasteiger partial charge >= 0.3 is 6.18 Å². The zero-order chi connectivity index (χ0) is 25.6. The number of hydrogen-bond donors (Lipinski definition) is 1. The Morgan fingerprint density at radius 2 is 1.77 bits per heavy atom. The second-order valence-corrected chi connectivity index (χ2v) is 7.99. The van der Waals surface area contributed by atoms with E-state index < -0.39 is 28.8 Å². The molecule has 0 bridgehead atoms. The maximum atomic E-state index is 13.3. The summed E-state index contributed by atoms with van der Waals surface area (Å²) < 4.78 is 45.3. The lowest BCUT2D eigenvalue weighted by molar-refractivity contribution is -0.137. The van der Waals surface area contributed by atoms with Gasteiger partial charge in [0.1, 0.15) is 40.9 Å². The van der Waals surface area contributed by atoms with Gasteiger partial charge in [0.05, 0.1) is 16.9 Å². The third-order valence-electron chi connectivity index (χ3n) is 4.80. The van der Waals surface area contributed by atoms with Crippen molar-refractivity contribution in [2.24, 2.45) is 0 Å². The van der Waals surface area contributed by atoms with E-state index in [1.54, 1.807) is 30.3 Å². The number of nitrogens with zero attached hydrogens (tertiary/aromatic N) is 3. The Kier molecular flexibility index (Phi) is 7.80. The number of thioether (sulfide) groups is 1. The van der Waals surface area contributed by atoms with E-state index in [2.05, 4.69) is 11.6 Å². The first kappa shape index (κ1) is 25.3. The fourth-order valence-electron chi connectivity index (χ4n) is 3.25. The van der Waals surface area contributed by atoms with Gasteiger partial charge in [-0.15, -0.1) is 0 Å². The van der Waals surface area contributed by atoms with E-state index in [1.165, 1.54) is 12.1 Å². The van der Waals surface area contributed by atoms with Crippen LogP contribution in [-0.2, 0) is 6.18 Å². The van der Waals surface area contributed by atoms with Crippen molar-refractivity contribution in [1.82, 2.24) is 4.98 Å². The Bertz CT molecular complexity index is 1360. The van der Waals surface area contributed by atoms with Crippen molar-refractivity contribution in [3.05, 3.63) is 83.4 Å². The van der Waals surface area contributed by atoms with Crippen molar-refractivity contribution < 1.29 is 22.7 Å². The molecule has 2 aromatic carbocycles.